The van der Waals surface area contributed by atoms with Gasteiger partial charge in [-0.15, -0.1) is 13.2 Å². The maximum atomic E-state index is 13.0. The fraction of sp³-hybridized carbons (Fsp3) is 0.222. The number of halogens is 1. The second-order valence-electron chi connectivity index (χ2n) is 5.24. The minimum absolute atomic E-state index is 0.128. The fourth-order valence-electron chi connectivity index (χ4n) is 2.31. The zero-order valence-electron chi connectivity index (χ0n) is 13.4. The van der Waals surface area contributed by atoms with E-state index in [0.717, 1.165) is 0 Å². The summed E-state index contributed by atoms with van der Waals surface area (Å²) in [4.78, 5) is 14.5. The van der Waals surface area contributed by atoms with Crippen LogP contribution < -0.4 is 0 Å². The van der Waals surface area contributed by atoms with Crippen molar-refractivity contribution in [2.45, 2.75) is 13.0 Å². The summed E-state index contributed by atoms with van der Waals surface area (Å²) in [5.41, 5.74) is 1.28. The van der Waals surface area contributed by atoms with Crippen molar-refractivity contribution in [2.24, 2.45) is 0 Å². The molecule has 1 heterocycles. The number of benzene rings is 1. The van der Waals surface area contributed by atoms with Crippen molar-refractivity contribution in [1.82, 2.24) is 10.1 Å². The van der Waals surface area contributed by atoms with Crippen molar-refractivity contribution in [3.05, 3.63) is 65.9 Å². The van der Waals surface area contributed by atoms with Crippen LogP contribution >= 0.6 is 11.6 Å². The molecule has 0 aliphatic carbocycles. The second kappa shape index (κ2) is 7.95. The van der Waals surface area contributed by atoms with E-state index in [1.165, 1.54) is 11.8 Å². The first-order valence-electron chi connectivity index (χ1n) is 7.44. The van der Waals surface area contributed by atoms with Gasteiger partial charge in [0.2, 0.25) is 0 Å². The van der Waals surface area contributed by atoms with Crippen LogP contribution in [0.25, 0.3) is 11.3 Å². The van der Waals surface area contributed by atoms with E-state index in [4.69, 9.17) is 16.1 Å². The first kappa shape index (κ1) is 18.0. The maximum Gasteiger partial charge on any atom is 0.260 e. The Morgan fingerprint density at radius 1 is 1.33 bits per heavy atom. The van der Waals surface area contributed by atoms with Gasteiger partial charge in [-0.3, -0.25) is 4.79 Å². The van der Waals surface area contributed by atoms with Crippen molar-refractivity contribution in [3.63, 3.8) is 0 Å². The molecule has 0 spiro atoms. The molecule has 0 aliphatic heterocycles. The van der Waals surface area contributed by atoms with Crippen molar-refractivity contribution < 1.29 is 14.4 Å². The predicted molar refractivity (Wildman–Crippen MR) is 93.9 cm³/mol. The zero-order valence-corrected chi connectivity index (χ0v) is 14.2. The summed E-state index contributed by atoms with van der Waals surface area (Å²) in [6.07, 6.45) is 2.28. The van der Waals surface area contributed by atoms with Gasteiger partial charge >= 0.3 is 0 Å². The number of hydrogen-bond acceptors (Lipinski definition) is 4. The van der Waals surface area contributed by atoms with Crippen LogP contribution in [0.4, 0.5) is 0 Å². The number of carbonyl (C=O) groups excluding carboxylic acids is 1. The minimum Gasteiger partial charge on any atom is -0.385 e. The molecule has 0 saturated heterocycles. The third kappa shape index (κ3) is 3.75. The predicted octanol–water partition coefficient (Wildman–Crippen LogP) is 3.86. The van der Waals surface area contributed by atoms with Crippen LogP contribution in [-0.4, -0.2) is 34.2 Å². The minimum atomic E-state index is -0.966. The molecule has 2 aromatic rings. The molecule has 0 aliphatic rings. The van der Waals surface area contributed by atoms with Gasteiger partial charge in [-0.05, 0) is 19.1 Å². The van der Waals surface area contributed by atoms with E-state index in [9.17, 15) is 9.90 Å². The summed E-state index contributed by atoms with van der Waals surface area (Å²) in [6.45, 7) is 9.53. The SMILES string of the molecule is C=CCN(CC=C)C(=O)c1c(-c2ccc(Cl)cc2)noc1[C@H](C)O. The molecule has 5 nitrogen and oxygen atoms in total. The molecule has 2 rings (SSSR count). The number of amides is 1. The smallest absolute Gasteiger partial charge is 0.260 e. The van der Waals surface area contributed by atoms with Crippen molar-refractivity contribution in [1.29, 1.82) is 0 Å². The molecule has 1 amide bonds. The Hall–Kier alpha value is -2.37. The van der Waals surface area contributed by atoms with Crippen LogP contribution in [0.5, 0.6) is 0 Å². The van der Waals surface area contributed by atoms with E-state index in [0.29, 0.717) is 29.4 Å². The average Bonchev–Trinajstić information content (AvgIpc) is 3.00. The van der Waals surface area contributed by atoms with E-state index in [1.807, 2.05) is 0 Å². The van der Waals surface area contributed by atoms with E-state index in [-0.39, 0.29) is 17.2 Å². The topological polar surface area (TPSA) is 66.6 Å². The lowest BCUT2D eigenvalue weighted by Gasteiger charge is -2.19. The zero-order chi connectivity index (χ0) is 17.7. The molecule has 126 valence electrons. The number of aliphatic hydroxyl groups is 1. The van der Waals surface area contributed by atoms with Crippen molar-refractivity contribution >= 4 is 17.5 Å². The van der Waals surface area contributed by atoms with Gasteiger partial charge in [0, 0.05) is 23.7 Å². The highest BCUT2D eigenvalue weighted by molar-refractivity contribution is 6.30. The Balaban J connectivity index is 2.54. The third-order valence-electron chi connectivity index (χ3n) is 3.42. The quantitative estimate of drug-likeness (QED) is 0.773. The Morgan fingerprint density at radius 2 is 1.92 bits per heavy atom. The lowest BCUT2D eigenvalue weighted by Crippen LogP contribution is -2.32. The first-order valence-corrected chi connectivity index (χ1v) is 7.82. The van der Waals surface area contributed by atoms with Gasteiger partial charge in [0.1, 0.15) is 17.4 Å². The van der Waals surface area contributed by atoms with Crippen LogP contribution in [0.2, 0.25) is 5.02 Å². The molecule has 6 heteroatoms. The summed E-state index contributed by atoms with van der Waals surface area (Å²) in [6, 6.07) is 6.89. The summed E-state index contributed by atoms with van der Waals surface area (Å²) < 4.78 is 5.24. The Kier molecular flexibility index (Phi) is 5.95. The Bertz CT molecular complexity index is 725. The Morgan fingerprint density at radius 3 is 2.42 bits per heavy atom. The molecule has 24 heavy (non-hydrogen) atoms. The normalized spacial score (nSPS) is 11.8. The van der Waals surface area contributed by atoms with Gasteiger partial charge in [0.25, 0.3) is 5.91 Å². The van der Waals surface area contributed by atoms with E-state index in [1.54, 1.807) is 36.4 Å². The van der Waals surface area contributed by atoms with Gasteiger partial charge < -0.3 is 14.5 Å². The number of rotatable bonds is 7. The molecular weight excluding hydrogens is 328 g/mol. The summed E-state index contributed by atoms with van der Waals surface area (Å²) in [5.74, 6) is -0.181. The molecule has 0 saturated carbocycles. The lowest BCUT2D eigenvalue weighted by atomic mass is 10.0. The number of carbonyl (C=O) groups is 1. The Labute approximate surface area is 145 Å². The summed E-state index contributed by atoms with van der Waals surface area (Å²) in [5, 5.41) is 14.5. The molecule has 1 N–H and O–H groups in total. The molecule has 0 unspecified atom stereocenters. The van der Waals surface area contributed by atoms with Crippen LogP contribution in [0.1, 0.15) is 29.1 Å². The van der Waals surface area contributed by atoms with E-state index in [2.05, 4.69) is 18.3 Å². The molecule has 0 fully saturated rings. The van der Waals surface area contributed by atoms with Gasteiger partial charge in [-0.2, -0.15) is 0 Å². The highest BCUT2D eigenvalue weighted by Crippen LogP contribution is 2.31. The summed E-state index contributed by atoms with van der Waals surface area (Å²) in [7, 11) is 0. The van der Waals surface area contributed by atoms with Gasteiger partial charge in [-0.1, -0.05) is 41.0 Å². The molecular formula is C18H19ClN2O3. The van der Waals surface area contributed by atoms with E-state index >= 15 is 0 Å². The number of hydrogen-bond donors (Lipinski definition) is 1. The molecule has 1 aromatic carbocycles. The largest absolute Gasteiger partial charge is 0.385 e. The molecule has 1 aromatic heterocycles. The fourth-order valence-corrected chi connectivity index (χ4v) is 2.44. The number of aromatic nitrogens is 1. The van der Waals surface area contributed by atoms with E-state index < -0.39 is 6.10 Å². The molecule has 0 bridgehead atoms. The monoisotopic (exact) mass is 346 g/mol. The highest BCUT2D eigenvalue weighted by Gasteiger charge is 2.29. The number of nitrogens with zero attached hydrogens (tertiary/aromatic N) is 2. The van der Waals surface area contributed by atoms with Gasteiger partial charge in [-0.25, -0.2) is 0 Å². The van der Waals surface area contributed by atoms with Crippen molar-refractivity contribution in [2.75, 3.05) is 13.1 Å². The lowest BCUT2D eigenvalue weighted by molar-refractivity contribution is 0.0779. The first-order chi connectivity index (χ1) is 11.5. The van der Waals surface area contributed by atoms with Crippen LogP contribution in [-0.2, 0) is 0 Å². The molecule has 1 atom stereocenters. The number of aliphatic hydroxyl groups excluding tert-OH is 1. The molecule has 0 radical (unpaired) electrons. The van der Waals surface area contributed by atoms with Gasteiger partial charge in [0.15, 0.2) is 5.76 Å². The highest BCUT2D eigenvalue weighted by atomic mass is 35.5. The summed E-state index contributed by atoms with van der Waals surface area (Å²) >= 11 is 5.91. The van der Waals surface area contributed by atoms with Crippen LogP contribution in [0.15, 0.2) is 54.1 Å². The van der Waals surface area contributed by atoms with Crippen molar-refractivity contribution in [3.8, 4) is 11.3 Å². The second-order valence-corrected chi connectivity index (χ2v) is 5.68. The van der Waals surface area contributed by atoms with Gasteiger partial charge in [0.05, 0.1) is 0 Å². The van der Waals surface area contributed by atoms with Crippen LogP contribution in [0.3, 0.4) is 0 Å². The maximum absolute atomic E-state index is 13.0. The standard InChI is InChI=1S/C18H19ClN2O3/c1-4-10-21(11-5-2)18(23)15-16(20-24-17(15)12(3)22)13-6-8-14(19)9-7-13/h4-9,12,22H,1-2,10-11H2,3H3/t12-/m0/s1. The third-order valence-corrected chi connectivity index (χ3v) is 3.67. The van der Waals surface area contributed by atoms with Crippen LogP contribution in [0, 0.1) is 0 Å². The average molecular weight is 347 g/mol.